The molecule has 0 spiro atoms. The van der Waals surface area contributed by atoms with Crippen molar-refractivity contribution in [2.45, 2.75) is 13.0 Å². The summed E-state index contributed by atoms with van der Waals surface area (Å²) >= 11 is 0. The molecule has 0 atom stereocenters. The minimum absolute atomic E-state index is 0.224. The zero-order chi connectivity index (χ0) is 12.8. The SMILES string of the molecule is NCc1ccc(C(=O)NCCc2cccnc2)o1. The molecule has 2 heterocycles. The Morgan fingerprint density at radius 1 is 1.39 bits per heavy atom. The lowest BCUT2D eigenvalue weighted by Crippen LogP contribution is -2.25. The maximum absolute atomic E-state index is 11.7. The number of amides is 1. The van der Waals surface area contributed by atoms with E-state index in [-0.39, 0.29) is 5.91 Å². The Morgan fingerprint density at radius 3 is 2.94 bits per heavy atom. The maximum atomic E-state index is 11.7. The number of rotatable bonds is 5. The molecule has 5 nitrogen and oxygen atoms in total. The molecule has 0 aliphatic rings. The van der Waals surface area contributed by atoms with E-state index < -0.39 is 0 Å². The van der Waals surface area contributed by atoms with Crippen molar-refractivity contribution in [3.8, 4) is 0 Å². The average molecular weight is 245 g/mol. The van der Waals surface area contributed by atoms with Gasteiger partial charge in [0.25, 0.3) is 5.91 Å². The molecule has 0 saturated carbocycles. The van der Waals surface area contributed by atoms with E-state index in [0.29, 0.717) is 24.6 Å². The molecule has 2 aromatic rings. The van der Waals surface area contributed by atoms with E-state index in [1.807, 2.05) is 12.1 Å². The highest BCUT2D eigenvalue weighted by molar-refractivity contribution is 5.91. The number of hydrogen-bond acceptors (Lipinski definition) is 4. The number of furan rings is 1. The molecule has 0 unspecified atom stereocenters. The van der Waals surface area contributed by atoms with Crippen LogP contribution in [0.5, 0.6) is 0 Å². The third-order valence-electron chi connectivity index (χ3n) is 2.51. The Bertz CT molecular complexity index is 508. The van der Waals surface area contributed by atoms with Gasteiger partial charge in [0.15, 0.2) is 5.76 Å². The van der Waals surface area contributed by atoms with Gasteiger partial charge in [0, 0.05) is 18.9 Å². The number of aromatic nitrogens is 1. The summed E-state index contributed by atoms with van der Waals surface area (Å²) in [6.45, 7) is 0.839. The number of carbonyl (C=O) groups excluding carboxylic acids is 1. The molecule has 5 heteroatoms. The summed E-state index contributed by atoms with van der Waals surface area (Å²) in [7, 11) is 0. The number of hydrogen-bond donors (Lipinski definition) is 2. The second-order valence-corrected chi connectivity index (χ2v) is 3.84. The summed E-state index contributed by atoms with van der Waals surface area (Å²) in [6, 6.07) is 7.17. The second-order valence-electron chi connectivity index (χ2n) is 3.84. The molecule has 2 aromatic heterocycles. The van der Waals surface area contributed by atoms with E-state index in [0.717, 1.165) is 12.0 Å². The van der Waals surface area contributed by atoms with Crippen LogP contribution in [0, 0.1) is 0 Å². The minimum atomic E-state index is -0.224. The Kier molecular flexibility index (Phi) is 4.09. The molecule has 0 aliphatic heterocycles. The molecule has 0 bridgehead atoms. The molecule has 18 heavy (non-hydrogen) atoms. The van der Waals surface area contributed by atoms with E-state index in [1.54, 1.807) is 24.5 Å². The predicted octanol–water partition coefficient (Wildman–Crippen LogP) is 1.11. The van der Waals surface area contributed by atoms with Gasteiger partial charge in [-0.3, -0.25) is 9.78 Å². The molecule has 0 saturated heterocycles. The summed E-state index contributed by atoms with van der Waals surface area (Å²) in [4.78, 5) is 15.7. The number of pyridine rings is 1. The van der Waals surface area contributed by atoms with E-state index >= 15 is 0 Å². The third-order valence-corrected chi connectivity index (χ3v) is 2.51. The highest BCUT2D eigenvalue weighted by atomic mass is 16.4. The summed E-state index contributed by atoms with van der Waals surface area (Å²) in [6.07, 6.45) is 4.24. The summed E-state index contributed by atoms with van der Waals surface area (Å²) in [5.74, 6) is 0.674. The predicted molar refractivity (Wildman–Crippen MR) is 66.9 cm³/mol. The van der Waals surface area contributed by atoms with Gasteiger partial charge in [0.1, 0.15) is 5.76 Å². The van der Waals surface area contributed by atoms with Crippen LogP contribution >= 0.6 is 0 Å². The zero-order valence-corrected chi connectivity index (χ0v) is 9.93. The maximum Gasteiger partial charge on any atom is 0.287 e. The molecule has 0 aliphatic carbocycles. The van der Waals surface area contributed by atoms with Crippen molar-refractivity contribution in [1.29, 1.82) is 0 Å². The van der Waals surface area contributed by atoms with Gasteiger partial charge in [-0.2, -0.15) is 0 Å². The van der Waals surface area contributed by atoms with Gasteiger partial charge in [-0.25, -0.2) is 0 Å². The molecule has 0 fully saturated rings. The number of carbonyl (C=O) groups is 1. The van der Waals surface area contributed by atoms with Gasteiger partial charge in [0.05, 0.1) is 6.54 Å². The molecule has 2 rings (SSSR count). The van der Waals surface area contributed by atoms with Crippen molar-refractivity contribution in [2.24, 2.45) is 5.73 Å². The Balaban J connectivity index is 1.81. The van der Waals surface area contributed by atoms with Crippen molar-refractivity contribution in [1.82, 2.24) is 10.3 Å². The van der Waals surface area contributed by atoms with Crippen molar-refractivity contribution in [3.05, 3.63) is 53.7 Å². The fourth-order valence-electron chi connectivity index (χ4n) is 1.56. The fourth-order valence-corrected chi connectivity index (χ4v) is 1.56. The van der Waals surface area contributed by atoms with Gasteiger partial charge < -0.3 is 15.5 Å². The number of nitrogens with zero attached hydrogens (tertiary/aromatic N) is 1. The van der Waals surface area contributed by atoms with Crippen molar-refractivity contribution in [3.63, 3.8) is 0 Å². The van der Waals surface area contributed by atoms with Crippen LogP contribution in [0.2, 0.25) is 0 Å². The van der Waals surface area contributed by atoms with Gasteiger partial charge in [-0.05, 0) is 30.2 Å². The first-order chi connectivity index (χ1) is 8.79. The lowest BCUT2D eigenvalue weighted by Gasteiger charge is -2.02. The third kappa shape index (κ3) is 3.18. The van der Waals surface area contributed by atoms with Crippen LogP contribution in [-0.2, 0) is 13.0 Å². The first kappa shape index (κ1) is 12.3. The van der Waals surface area contributed by atoms with Crippen LogP contribution in [-0.4, -0.2) is 17.4 Å². The Morgan fingerprint density at radius 2 is 2.28 bits per heavy atom. The first-order valence-electron chi connectivity index (χ1n) is 5.75. The van der Waals surface area contributed by atoms with Crippen LogP contribution in [0.4, 0.5) is 0 Å². The molecule has 1 amide bonds. The zero-order valence-electron chi connectivity index (χ0n) is 9.93. The topological polar surface area (TPSA) is 81.2 Å². The van der Waals surface area contributed by atoms with Crippen LogP contribution < -0.4 is 11.1 Å². The smallest absolute Gasteiger partial charge is 0.287 e. The van der Waals surface area contributed by atoms with Crippen molar-refractivity contribution in [2.75, 3.05) is 6.54 Å². The van der Waals surface area contributed by atoms with Crippen LogP contribution in [0.15, 0.2) is 41.1 Å². The largest absolute Gasteiger partial charge is 0.455 e. The van der Waals surface area contributed by atoms with Crippen LogP contribution in [0.3, 0.4) is 0 Å². The highest BCUT2D eigenvalue weighted by Crippen LogP contribution is 2.06. The van der Waals surface area contributed by atoms with Crippen molar-refractivity contribution < 1.29 is 9.21 Å². The first-order valence-corrected chi connectivity index (χ1v) is 5.75. The second kappa shape index (κ2) is 5.97. The lowest BCUT2D eigenvalue weighted by molar-refractivity contribution is 0.0924. The quantitative estimate of drug-likeness (QED) is 0.826. The summed E-state index contributed by atoms with van der Waals surface area (Å²) in [5.41, 5.74) is 6.49. The molecular formula is C13H15N3O2. The van der Waals surface area contributed by atoms with Gasteiger partial charge in [0.2, 0.25) is 0 Å². The van der Waals surface area contributed by atoms with Crippen LogP contribution in [0.1, 0.15) is 21.9 Å². The summed E-state index contributed by atoms with van der Waals surface area (Å²) in [5, 5.41) is 2.78. The standard InChI is InChI=1S/C13H15N3O2/c14-8-11-3-4-12(18-11)13(17)16-7-5-10-2-1-6-15-9-10/h1-4,6,9H,5,7-8,14H2,(H,16,17). The number of nitrogens with two attached hydrogens (primary N) is 1. The summed E-state index contributed by atoms with van der Waals surface area (Å²) < 4.78 is 5.25. The van der Waals surface area contributed by atoms with Gasteiger partial charge >= 0.3 is 0 Å². The van der Waals surface area contributed by atoms with Crippen molar-refractivity contribution >= 4 is 5.91 Å². The van der Waals surface area contributed by atoms with E-state index in [1.165, 1.54) is 0 Å². The number of nitrogens with one attached hydrogen (secondary N) is 1. The Hall–Kier alpha value is -2.14. The van der Waals surface area contributed by atoms with Gasteiger partial charge in [-0.1, -0.05) is 6.07 Å². The normalized spacial score (nSPS) is 10.3. The molecule has 0 aromatic carbocycles. The van der Waals surface area contributed by atoms with E-state index in [9.17, 15) is 4.79 Å². The highest BCUT2D eigenvalue weighted by Gasteiger charge is 2.09. The molecule has 0 radical (unpaired) electrons. The lowest BCUT2D eigenvalue weighted by atomic mass is 10.2. The van der Waals surface area contributed by atoms with Crippen LogP contribution in [0.25, 0.3) is 0 Å². The van der Waals surface area contributed by atoms with E-state index in [2.05, 4.69) is 10.3 Å². The molecule has 94 valence electrons. The van der Waals surface area contributed by atoms with Gasteiger partial charge in [-0.15, -0.1) is 0 Å². The Labute approximate surface area is 105 Å². The molecular weight excluding hydrogens is 230 g/mol. The molecule has 3 N–H and O–H groups in total. The fraction of sp³-hybridized carbons (Fsp3) is 0.231. The monoisotopic (exact) mass is 245 g/mol. The van der Waals surface area contributed by atoms with E-state index in [4.69, 9.17) is 10.2 Å². The minimum Gasteiger partial charge on any atom is -0.455 e. The average Bonchev–Trinajstić information content (AvgIpc) is 2.89.